The maximum Gasteiger partial charge on any atom is 0.408 e. The largest absolute Gasteiger partial charge is 0.463 e. The van der Waals surface area contributed by atoms with E-state index in [0.717, 1.165) is 5.56 Å². The van der Waals surface area contributed by atoms with E-state index >= 15 is 0 Å². The molecule has 9 nitrogen and oxygen atoms in total. The van der Waals surface area contributed by atoms with E-state index in [1.165, 1.54) is 6.92 Å². The van der Waals surface area contributed by atoms with Gasteiger partial charge in [0.2, 0.25) is 0 Å². The first-order valence-corrected chi connectivity index (χ1v) is 10.7. The van der Waals surface area contributed by atoms with E-state index in [0.29, 0.717) is 0 Å². The van der Waals surface area contributed by atoms with Gasteiger partial charge in [0, 0.05) is 0 Å². The van der Waals surface area contributed by atoms with Gasteiger partial charge in [0.25, 0.3) is 0 Å². The van der Waals surface area contributed by atoms with Crippen molar-refractivity contribution in [1.82, 2.24) is 5.32 Å². The highest BCUT2D eigenvalue weighted by Gasteiger charge is 2.42. The minimum Gasteiger partial charge on any atom is -0.463 e. The first-order valence-electron chi connectivity index (χ1n) is 10.7. The lowest BCUT2D eigenvalue weighted by Gasteiger charge is -2.29. The first kappa shape index (κ1) is 25.2. The van der Waals surface area contributed by atoms with Gasteiger partial charge in [0.05, 0.1) is 12.0 Å². The molecule has 1 aromatic rings. The van der Waals surface area contributed by atoms with Gasteiger partial charge in [-0.25, -0.2) is 9.59 Å². The second-order valence-corrected chi connectivity index (χ2v) is 8.28. The van der Waals surface area contributed by atoms with Gasteiger partial charge in [-0.15, -0.1) is 0 Å². The quantitative estimate of drug-likeness (QED) is 0.520. The summed E-state index contributed by atoms with van der Waals surface area (Å²) in [5.74, 6) is -3.37. The van der Waals surface area contributed by atoms with Crippen molar-refractivity contribution in [3.63, 3.8) is 0 Å². The fraction of sp³-hybridized carbons (Fsp3) is 0.565. The van der Waals surface area contributed by atoms with Crippen LogP contribution in [0.25, 0.3) is 0 Å². The number of benzene rings is 1. The van der Waals surface area contributed by atoms with E-state index in [2.05, 4.69) is 5.32 Å². The van der Waals surface area contributed by atoms with Crippen molar-refractivity contribution in [2.24, 2.45) is 11.8 Å². The molecule has 4 unspecified atom stereocenters. The minimum absolute atomic E-state index is 0.213. The van der Waals surface area contributed by atoms with Crippen LogP contribution in [-0.2, 0) is 39.8 Å². The summed E-state index contributed by atoms with van der Waals surface area (Å²) in [6, 6.07) is 7.92. The summed E-state index contributed by atoms with van der Waals surface area (Å²) in [6.07, 6.45) is -3.06. The molecule has 32 heavy (non-hydrogen) atoms. The van der Waals surface area contributed by atoms with Crippen molar-refractivity contribution in [2.75, 3.05) is 6.61 Å². The third kappa shape index (κ3) is 7.25. The van der Waals surface area contributed by atoms with E-state index in [1.54, 1.807) is 27.7 Å². The van der Waals surface area contributed by atoms with Gasteiger partial charge in [-0.1, -0.05) is 44.2 Å². The highest BCUT2D eigenvalue weighted by atomic mass is 16.6. The van der Waals surface area contributed by atoms with Crippen LogP contribution in [0.5, 0.6) is 0 Å². The lowest BCUT2D eigenvalue weighted by Crippen LogP contribution is -2.47. The third-order valence-electron chi connectivity index (χ3n) is 4.80. The van der Waals surface area contributed by atoms with Crippen LogP contribution in [0, 0.1) is 11.8 Å². The maximum atomic E-state index is 13.0. The standard InChI is InChI=1S/C23H31NO8/c1-13(2)20(25)32-19-15(5)31-22(27)18(24-23(28)30-14(3)4)12-29-21(26)17(19)11-16-9-7-6-8-10-16/h6-10,13-15,17-19H,11-12H2,1-5H3,(H,24,28). The predicted molar refractivity (Wildman–Crippen MR) is 113 cm³/mol. The molecule has 0 bridgehead atoms. The average molecular weight is 450 g/mol. The number of hydrogen-bond acceptors (Lipinski definition) is 8. The number of ether oxygens (including phenoxy) is 4. The fourth-order valence-corrected chi connectivity index (χ4v) is 3.14. The molecule has 0 spiro atoms. The molecule has 4 atom stereocenters. The number of hydrogen-bond donors (Lipinski definition) is 1. The zero-order valence-corrected chi connectivity index (χ0v) is 19.0. The lowest BCUT2D eigenvalue weighted by molar-refractivity contribution is -0.176. The van der Waals surface area contributed by atoms with Crippen LogP contribution in [0.3, 0.4) is 0 Å². The van der Waals surface area contributed by atoms with Crippen molar-refractivity contribution in [1.29, 1.82) is 0 Å². The van der Waals surface area contributed by atoms with Crippen LogP contribution in [0.2, 0.25) is 0 Å². The average Bonchev–Trinajstić information content (AvgIpc) is 2.75. The zero-order valence-electron chi connectivity index (χ0n) is 19.0. The molecule has 1 aromatic carbocycles. The summed E-state index contributed by atoms with van der Waals surface area (Å²) in [4.78, 5) is 50.0. The van der Waals surface area contributed by atoms with Crippen LogP contribution in [0.15, 0.2) is 30.3 Å². The molecule has 9 heteroatoms. The molecule has 1 heterocycles. The molecule has 0 aromatic heterocycles. The van der Waals surface area contributed by atoms with E-state index in [9.17, 15) is 19.2 Å². The van der Waals surface area contributed by atoms with Gasteiger partial charge in [-0.2, -0.15) is 0 Å². The Morgan fingerprint density at radius 3 is 2.34 bits per heavy atom. The van der Waals surface area contributed by atoms with Crippen molar-refractivity contribution in [2.45, 2.75) is 65.4 Å². The van der Waals surface area contributed by atoms with E-state index in [4.69, 9.17) is 18.9 Å². The summed E-state index contributed by atoms with van der Waals surface area (Å²) in [7, 11) is 0. The Balaban J connectivity index is 2.30. The van der Waals surface area contributed by atoms with Gasteiger partial charge in [0.1, 0.15) is 18.6 Å². The summed E-state index contributed by atoms with van der Waals surface area (Å²) < 4.78 is 21.4. The predicted octanol–water partition coefficient (Wildman–Crippen LogP) is 2.40. The fourth-order valence-electron chi connectivity index (χ4n) is 3.14. The van der Waals surface area contributed by atoms with E-state index in [-0.39, 0.29) is 6.42 Å². The monoisotopic (exact) mass is 449 g/mol. The first-order chi connectivity index (χ1) is 15.1. The number of cyclic esters (lactones) is 2. The molecule has 0 aliphatic carbocycles. The van der Waals surface area contributed by atoms with Gasteiger partial charge >= 0.3 is 24.0 Å². The van der Waals surface area contributed by atoms with Gasteiger partial charge in [-0.3, -0.25) is 9.59 Å². The van der Waals surface area contributed by atoms with Gasteiger partial charge in [0.15, 0.2) is 12.1 Å². The Bertz CT molecular complexity index is 807. The Labute approximate surface area is 187 Å². The molecule has 1 aliphatic rings. The molecule has 1 saturated heterocycles. The molecule has 1 aliphatic heterocycles. The Morgan fingerprint density at radius 2 is 1.75 bits per heavy atom. The number of carbonyl (C=O) groups is 4. The van der Waals surface area contributed by atoms with Crippen molar-refractivity contribution in [3.05, 3.63) is 35.9 Å². The number of amides is 1. The number of alkyl carbamates (subject to hydrolysis) is 1. The SMILES string of the molecule is CC(C)OC(=O)NC1COC(=O)C(Cc2ccccc2)C(OC(=O)C(C)C)C(C)OC1=O. The van der Waals surface area contributed by atoms with Gasteiger partial charge in [-0.05, 0) is 32.8 Å². The molecular weight excluding hydrogens is 418 g/mol. The van der Waals surface area contributed by atoms with Gasteiger partial charge < -0.3 is 24.3 Å². The van der Waals surface area contributed by atoms with Crippen molar-refractivity contribution in [3.8, 4) is 0 Å². The number of carbonyl (C=O) groups excluding carboxylic acids is 4. The van der Waals surface area contributed by atoms with E-state index in [1.807, 2.05) is 30.3 Å². The maximum absolute atomic E-state index is 13.0. The Morgan fingerprint density at radius 1 is 1.09 bits per heavy atom. The lowest BCUT2D eigenvalue weighted by atomic mass is 9.91. The molecule has 0 radical (unpaired) electrons. The number of nitrogens with one attached hydrogen (secondary N) is 1. The highest BCUT2D eigenvalue weighted by molar-refractivity contribution is 5.83. The molecule has 1 amide bonds. The number of rotatable bonds is 6. The third-order valence-corrected chi connectivity index (χ3v) is 4.80. The van der Waals surface area contributed by atoms with Crippen molar-refractivity contribution >= 4 is 24.0 Å². The summed E-state index contributed by atoms with van der Waals surface area (Å²) >= 11 is 0. The molecule has 1 fully saturated rings. The topological polar surface area (TPSA) is 117 Å². The zero-order chi connectivity index (χ0) is 23.8. The van der Waals surface area contributed by atoms with Crippen molar-refractivity contribution < 1.29 is 38.1 Å². The molecular formula is C23H31NO8. The normalized spacial score (nSPS) is 24.0. The van der Waals surface area contributed by atoms with Crippen LogP contribution < -0.4 is 5.32 Å². The summed E-state index contributed by atoms with van der Waals surface area (Å²) in [5, 5.41) is 2.35. The second-order valence-electron chi connectivity index (χ2n) is 8.28. The molecule has 2 rings (SSSR count). The molecule has 1 N–H and O–H groups in total. The Hall–Kier alpha value is -3.10. The second kappa shape index (κ2) is 11.5. The minimum atomic E-state index is -1.26. The Kier molecular flexibility index (Phi) is 9.04. The summed E-state index contributed by atoms with van der Waals surface area (Å²) in [5.41, 5.74) is 0.827. The highest BCUT2D eigenvalue weighted by Crippen LogP contribution is 2.24. The smallest absolute Gasteiger partial charge is 0.408 e. The summed E-state index contributed by atoms with van der Waals surface area (Å²) in [6.45, 7) is 7.75. The van der Waals surface area contributed by atoms with Crippen LogP contribution in [-0.4, -0.2) is 55.0 Å². The molecule has 0 saturated carbocycles. The van der Waals surface area contributed by atoms with E-state index < -0.39 is 66.8 Å². The molecule has 176 valence electrons. The van der Waals surface area contributed by atoms with Crippen LogP contribution in [0.4, 0.5) is 4.79 Å². The van der Waals surface area contributed by atoms with Crippen LogP contribution in [0.1, 0.15) is 40.2 Å². The number of esters is 3. The van der Waals surface area contributed by atoms with Crippen LogP contribution >= 0.6 is 0 Å².